The molecule has 0 atom stereocenters. The maximum atomic E-state index is 15.3. The fraction of sp³-hybridized carbons (Fsp3) is 0.111. The molecule has 12 nitrogen and oxygen atoms in total. The molecule has 0 fully saturated rings. The normalized spacial score (nSPS) is 10.8. The lowest BCUT2D eigenvalue weighted by Gasteiger charge is -2.23. The lowest BCUT2D eigenvalue weighted by atomic mass is 9.85. The second-order valence-electron chi connectivity index (χ2n) is 16.1. The number of esters is 6. The van der Waals surface area contributed by atoms with Gasteiger partial charge in [0.05, 0.1) is 33.4 Å². The number of ether oxygens (including phenoxy) is 6. The highest BCUT2D eigenvalue weighted by Gasteiger charge is 2.44. The molecule has 0 aliphatic heterocycles. The molecule has 72 heavy (non-hydrogen) atoms. The summed E-state index contributed by atoms with van der Waals surface area (Å²) >= 11 is 20.6. The zero-order valence-corrected chi connectivity index (χ0v) is 48.1. The summed E-state index contributed by atoms with van der Waals surface area (Å²) in [4.78, 5) is 92.0. The number of carbonyl (C=O) groups excluding carboxylic acids is 6. The molecule has 7 aromatic carbocycles. The molecule has 0 aromatic heterocycles. The maximum absolute atomic E-state index is 15.3. The zero-order chi connectivity index (χ0) is 52.3. The number of aryl methyl sites for hydroxylation is 6. The van der Waals surface area contributed by atoms with Gasteiger partial charge in [-0.25, -0.2) is 28.8 Å². The Labute approximate surface area is 463 Å². The maximum Gasteiger partial charge on any atom is 0.345 e. The fourth-order valence-electron chi connectivity index (χ4n) is 7.01. The molecule has 0 spiro atoms. The molecule has 7 aromatic rings. The van der Waals surface area contributed by atoms with Crippen LogP contribution in [-0.2, 0) is 0 Å². The Morgan fingerprint density at radius 3 is 0.486 bits per heavy atom. The minimum absolute atomic E-state index is 0.0931. The molecule has 366 valence electrons. The van der Waals surface area contributed by atoms with E-state index in [0.29, 0.717) is 60.2 Å². The molecule has 0 bridgehead atoms. The fourth-order valence-corrected chi connectivity index (χ4v) is 8.49. The van der Waals surface area contributed by atoms with Gasteiger partial charge in [-0.2, -0.15) is 0 Å². The van der Waals surface area contributed by atoms with E-state index in [1.54, 1.807) is 77.9 Å². The Hall–Kier alpha value is -5.76. The molecule has 18 heteroatoms. The highest BCUT2D eigenvalue weighted by atomic mass is 79.9. The molecule has 0 aliphatic rings. The second-order valence-corrected chi connectivity index (χ2v) is 21.2. The summed E-state index contributed by atoms with van der Waals surface area (Å²) in [5.74, 6) is -9.39. The molecule has 0 radical (unpaired) electrons. The highest BCUT2D eigenvalue weighted by molar-refractivity contribution is 9.11. The van der Waals surface area contributed by atoms with Gasteiger partial charge in [0.2, 0.25) is 0 Å². The van der Waals surface area contributed by atoms with E-state index in [1.165, 1.54) is 72.8 Å². The standard InChI is InChI=1S/C54H36Br6O12/c1-25-19-31(7-13-37(25)55)67-49(61)43-44(50(62)68-32-8-14-38(56)26(2)20-32)46(52(64)70-34-10-16-40(58)28(4)22-34)48(54(66)72-36-12-18-42(60)30(6)24-36)47(53(65)71-35-11-17-41(59)29(5)23-35)45(43)51(63)69-33-9-15-39(57)27(3)21-33/h7-24H,1-6H3. The van der Waals surface area contributed by atoms with Gasteiger partial charge in [0.15, 0.2) is 0 Å². The van der Waals surface area contributed by atoms with Gasteiger partial charge >= 0.3 is 35.8 Å². The number of carbonyl (C=O) groups is 6. The van der Waals surface area contributed by atoms with E-state index in [2.05, 4.69) is 95.6 Å². The molecule has 0 amide bonds. The lowest BCUT2D eigenvalue weighted by molar-refractivity contribution is 0.0635. The first-order valence-electron chi connectivity index (χ1n) is 21.2. The first-order valence-corrected chi connectivity index (χ1v) is 26.0. The Kier molecular flexibility index (Phi) is 17.2. The van der Waals surface area contributed by atoms with Crippen LogP contribution < -0.4 is 28.4 Å². The SMILES string of the molecule is Cc1cc(OC(=O)c2c(C(=O)Oc3ccc(Br)c(C)c3)c(C(=O)Oc3ccc(Br)c(C)c3)c(C(=O)Oc3ccc(Br)c(C)c3)c(C(=O)Oc3ccc(Br)c(C)c3)c2C(=O)Oc2ccc(Br)c(C)c2)ccc1Br. The molecule has 0 aliphatic carbocycles. The van der Waals surface area contributed by atoms with Crippen molar-refractivity contribution in [3.05, 3.63) is 203 Å². The van der Waals surface area contributed by atoms with E-state index in [0.717, 1.165) is 0 Å². The summed E-state index contributed by atoms with van der Waals surface area (Å²) in [6.07, 6.45) is 0. The van der Waals surface area contributed by atoms with Crippen LogP contribution in [0.2, 0.25) is 0 Å². The van der Waals surface area contributed by atoms with Crippen molar-refractivity contribution in [3.63, 3.8) is 0 Å². The van der Waals surface area contributed by atoms with E-state index in [-0.39, 0.29) is 34.5 Å². The van der Waals surface area contributed by atoms with Gasteiger partial charge in [0.1, 0.15) is 34.5 Å². The van der Waals surface area contributed by atoms with E-state index in [1.807, 2.05) is 0 Å². The minimum atomic E-state index is -1.47. The minimum Gasteiger partial charge on any atom is -0.423 e. The lowest BCUT2D eigenvalue weighted by Crippen LogP contribution is -2.34. The van der Waals surface area contributed by atoms with Crippen molar-refractivity contribution < 1.29 is 57.2 Å². The smallest absolute Gasteiger partial charge is 0.345 e. The summed E-state index contributed by atoms with van der Waals surface area (Å²) in [5.41, 5.74) is -2.57. The topological polar surface area (TPSA) is 158 Å². The molecule has 0 N–H and O–H groups in total. The number of benzene rings is 7. The average Bonchev–Trinajstić information content (AvgIpc) is 3.32. The van der Waals surface area contributed by atoms with Crippen LogP contribution in [0.3, 0.4) is 0 Å². The van der Waals surface area contributed by atoms with Gasteiger partial charge in [0.25, 0.3) is 0 Å². The van der Waals surface area contributed by atoms with Crippen molar-refractivity contribution in [2.24, 2.45) is 0 Å². The van der Waals surface area contributed by atoms with Gasteiger partial charge < -0.3 is 28.4 Å². The highest BCUT2D eigenvalue weighted by Crippen LogP contribution is 2.38. The van der Waals surface area contributed by atoms with Crippen molar-refractivity contribution in [1.82, 2.24) is 0 Å². The summed E-state index contributed by atoms with van der Waals surface area (Å²) < 4.78 is 39.6. The third-order valence-electron chi connectivity index (χ3n) is 10.8. The van der Waals surface area contributed by atoms with Crippen LogP contribution in [0.15, 0.2) is 136 Å². The van der Waals surface area contributed by atoms with Gasteiger partial charge in [-0.15, -0.1) is 0 Å². The van der Waals surface area contributed by atoms with Crippen LogP contribution in [0, 0.1) is 41.5 Å². The Bertz CT molecular complexity index is 2830. The molecule has 0 heterocycles. The van der Waals surface area contributed by atoms with Gasteiger partial charge in [-0.3, -0.25) is 0 Å². The van der Waals surface area contributed by atoms with Crippen LogP contribution in [0.4, 0.5) is 0 Å². The number of hydrogen-bond donors (Lipinski definition) is 0. The number of halogens is 6. The van der Waals surface area contributed by atoms with Crippen LogP contribution in [-0.4, -0.2) is 35.8 Å². The van der Waals surface area contributed by atoms with Crippen LogP contribution >= 0.6 is 95.6 Å². The largest absolute Gasteiger partial charge is 0.423 e. The molecule has 7 rings (SSSR count). The van der Waals surface area contributed by atoms with Crippen LogP contribution in [0.5, 0.6) is 34.5 Å². The first kappa shape index (κ1) is 54.0. The molecule has 0 saturated carbocycles. The van der Waals surface area contributed by atoms with Crippen LogP contribution in [0.25, 0.3) is 0 Å². The number of rotatable bonds is 12. The quantitative estimate of drug-likeness (QED) is 0.0843. The van der Waals surface area contributed by atoms with Gasteiger partial charge in [-0.1, -0.05) is 95.6 Å². The molecular weight excluding hydrogens is 1320 g/mol. The Morgan fingerprint density at radius 2 is 0.375 bits per heavy atom. The Balaban J connectivity index is 1.65. The summed E-state index contributed by atoms with van der Waals surface area (Å²) in [7, 11) is 0. The van der Waals surface area contributed by atoms with Crippen molar-refractivity contribution in [3.8, 4) is 34.5 Å². The van der Waals surface area contributed by atoms with Gasteiger partial charge in [-0.05, 0) is 184 Å². The first-order chi connectivity index (χ1) is 34.1. The van der Waals surface area contributed by atoms with Crippen molar-refractivity contribution >= 4 is 131 Å². The van der Waals surface area contributed by atoms with Crippen molar-refractivity contribution in [1.29, 1.82) is 0 Å². The number of hydrogen-bond acceptors (Lipinski definition) is 12. The van der Waals surface area contributed by atoms with E-state index in [4.69, 9.17) is 28.4 Å². The third-order valence-corrected chi connectivity index (χ3v) is 16.1. The van der Waals surface area contributed by atoms with E-state index in [9.17, 15) is 0 Å². The predicted octanol–water partition coefficient (Wildman–Crippen LogP) is 15.4. The third kappa shape index (κ3) is 12.3. The summed E-state index contributed by atoms with van der Waals surface area (Å²) in [6, 6.07) is 26.9. The predicted molar refractivity (Wildman–Crippen MR) is 289 cm³/mol. The van der Waals surface area contributed by atoms with Crippen LogP contribution in [0.1, 0.15) is 95.5 Å². The monoisotopic (exact) mass is 1350 g/mol. The van der Waals surface area contributed by atoms with Gasteiger partial charge in [0, 0.05) is 26.8 Å². The Morgan fingerprint density at radius 1 is 0.250 bits per heavy atom. The van der Waals surface area contributed by atoms with Crippen molar-refractivity contribution in [2.45, 2.75) is 41.5 Å². The summed E-state index contributed by atoms with van der Waals surface area (Å²) in [6.45, 7) is 10.3. The average molecular weight is 1360 g/mol. The van der Waals surface area contributed by atoms with Crippen molar-refractivity contribution in [2.75, 3.05) is 0 Å². The molecular formula is C54H36Br6O12. The molecule has 0 saturated heterocycles. The van der Waals surface area contributed by atoms with E-state index >= 15 is 28.8 Å². The summed E-state index contributed by atoms with van der Waals surface area (Å²) in [5, 5.41) is 0. The zero-order valence-electron chi connectivity index (χ0n) is 38.6. The van der Waals surface area contributed by atoms with E-state index < -0.39 is 69.2 Å². The molecule has 0 unspecified atom stereocenters. The second kappa shape index (κ2) is 23.0.